The SMILES string of the molecule is COc1cc(N2CCC3(CCN([S+]([O-])c4ccc(SC)cc4)CC3)C2=O)ccc1/C(=C/N)CN. The first-order valence-electron chi connectivity index (χ1n) is 11.4. The third-order valence-electron chi connectivity index (χ3n) is 6.95. The largest absolute Gasteiger partial charge is 0.593 e. The number of thioether (sulfide) groups is 1. The molecule has 1 spiro atoms. The Morgan fingerprint density at radius 1 is 1.18 bits per heavy atom. The van der Waals surface area contributed by atoms with Crippen molar-refractivity contribution in [3.8, 4) is 5.75 Å². The van der Waals surface area contributed by atoms with Gasteiger partial charge >= 0.3 is 0 Å². The second kappa shape index (κ2) is 10.6. The molecule has 4 N–H and O–H groups in total. The molecular formula is C25H32N4O3S2. The lowest BCUT2D eigenvalue weighted by molar-refractivity contribution is -0.127. The summed E-state index contributed by atoms with van der Waals surface area (Å²) in [7, 11) is 1.60. The van der Waals surface area contributed by atoms with Crippen molar-refractivity contribution < 1.29 is 14.1 Å². The van der Waals surface area contributed by atoms with Gasteiger partial charge in [-0.15, -0.1) is 16.1 Å². The van der Waals surface area contributed by atoms with E-state index in [1.165, 1.54) is 6.20 Å². The van der Waals surface area contributed by atoms with Crippen molar-refractivity contribution in [3.63, 3.8) is 0 Å². The average Bonchev–Trinajstić information content (AvgIpc) is 3.20. The van der Waals surface area contributed by atoms with E-state index >= 15 is 0 Å². The van der Waals surface area contributed by atoms with Gasteiger partial charge in [-0.05, 0) is 73.7 Å². The second-order valence-corrected chi connectivity index (χ2v) is 11.0. The predicted octanol–water partition coefficient (Wildman–Crippen LogP) is 3.22. The lowest BCUT2D eigenvalue weighted by atomic mass is 9.77. The number of piperidine rings is 1. The molecule has 4 rings (SSSR count). The molecule has 7 nitrogen and oxygen atoms in total. The van der Waals surface area contributed by atoms with Crippen molar-refractivity contribution in [2.75, 3.05) is 44.4 Å². The summed E-state index contributed by atoms with van der Waals surface area (Å²) in [6.45, 7) is 2.24. The Bertz CT molecular complexity index is 1050. The van der Waals surface area contributed by atoms with E-state index in [0.29, 0.717) is 44.8 Å². The zero-order valence-electron chi connectivity index (χ0n) is 19.7. The highest BCUT2D eigenvalue weighted by Crippen LogP contribution is 2.44. The molecule has 9 heteroatoms. The summed E-state index contributed by atoms with van der Waals surface area (Å²) in [6.07, 6.45) is 5.73. The van der Waals surface area contributed by atoms with Crippen LogP contribution in [-0.4, -0.2) is 54.3 Å². The molecule has 1 atom stereocenters. The molecule has 2 aliphatic heterocycles. The van der Waals surface area contributed by atoms with Gasteiger partial charge in [0.25, 0.3) is 0 Å². The van der Waals surface area contributed by atoms with Gasteiger partial charge < -0.3 is 25.7 Å². The minimum atomic E-state index is -1.21. The monoisotopic (exact) mass is 500 g/mol. The van der Waals surface area contributed by atoms with Gasteiger partial charge in [-0.1, -0.05) is 0 Å². The van der Waals surface area contributed by atoms with Crippen molar-refractivity contribution in [1.82, 2.24) is 4.31 Å². The minimum Gasteiger partial charge on any atom is -0.593 e. The number of nitrogens with two attached hydrogens (primary N) is 2. The Morgan fingerprint density at radius 3 is 2.44 bits per heavy atom. The standard InChI is InChI=1S/C25H32N4O3S2/c1-32-23-15-19(3-8-22(23)18(16-26)17-27)29-14-11-25(24(29)30)9-12-28(13-10-25)34(31)21-6-4-20(33-2)5-7-21/h3-8,15-16H,9-14,17,26-27H2,1-2H3/b18-16+. The van der Waals surface area contributed by atoms with Crippen LogP contribution >= 0.6 is 11.8 Å². The summed E-state index contributed by atoms with van der Waals surface area (Å²) < 4.78 is 20.6. The predicted molar refractivity (Wildman–Crippen MR) is 139 cm³/mol. The van der Waals surface area contributed by atoms with Crippen LogP contribution < -0.4 is 21.1 Å². The number of hydrogen-bond donors (Lipinski definition) is 2. The van der Waals surface area contributed by atoms with E-state index in [0.717, 1.165) is 33.0 Å². The van der Waals surface area contributed by atoms with Gasteiger partial charge in [-0.3, -0.25) is 4.79 Å². The molecule has 182 valence electrons. The number of nitrogens with zero attached hydrogens (tertiary/aromatic N) is 2. The number of anilines is 1. The molecule has 2 heterocycles. The zero-order chi connectivity index (χ0) is 24.3. The summed E-state index contributed by atoms with van der Waals surface area (Å²) in [5, 5.41) is 0. The number of methoxy groups -OCH3 is 1. The molecule has 1 amide bonds. The minimum absolute atomic E-state index is 0.144. The van der Waals surface area contributed by atoms with Crippen molar-refractivity contribution in [1.29, 1.82) is 0 Å². The number of carbonyl (C=O) groups is 1. The van der Waals surface area contributed by atoms with Crippen molar-refractivity contribution >= 4 is 40.3 Å². The number of carbonyl (C=O) groups excluding carboxylic acids is 1. The van der Waals surface area contributed by atoms with Gasteiger partial charge in [0.2, 0.25) is 5.91 Å². The second-order valence-electron chi connectivity index (χ2n) is 8.62. The normalized spacial score (nSPS) is 19.6. The first kappa shape index (κ1) is 24.9. The van der Waals surface area contributed by atoms with Crippen LogP contribution in [0, 0.1) is 5.41 Å². The lowest BCUT2D eigenvalue weighted by Crippen LogP contribution is -2.46. The van der Waals surface area contributed by atoms with Crippen molar-refractivity contribution in [3.05, 3.63) is 54.2 Å². The molecule has 0 bridgehead atoms. The van der Waals surface area contributed by atoms with Gasteiger partial charge in [-0.25, -0.2) is 0 Å². The van der Waals surface area contributed by atoms with Gasteiger partial charge in [0.1, 0.15) is 5.75 Å². The Morgan fingerprint density at radius 2 is 1.85 bits per heavy atom. The molecular weight excluding hydrogens is 468 g/mol. The number of ether oxygens (including phenoxy) is 1. The summed E-state index contributed by atoms with van der Waals surface area (Å²) >= 11 is 0.457. The van der Waals surface area contributed by atoms with E-state index in [2.05, 4.69) is 0 Å². The fourth-order valence-electron chi connectivity index (χ4n) is 4.83. The fourth-order valence-corrected chi connectivity index (χ4v) is 6.42. The molecule has 0 saturated carbocycles. The molecule has 0 aliphatic carbocycles. The van der Waals surface area contributed by atoms with E-state index in [1.807, 2.05) is 57.9 Å². The van der Waals surface area contributed by atoms with E-state index in [9.17, 15) is 9.35 Å². The first-order valence-corrected chi connectivity index (χ1v) is 13.7. The molecule has 2 aromatic carbocycles. The lowest BCUT2D eigenvalue weighted by Gasteiger charge is -2.37. The summed E-state index contributed by atoms with van der Waals surface area (Å²) in [5.74, 6) is 0.789. The Labute approximate surface area is 208 Å². The van der Waals surface area contributed by atoms with E-state index in [-0.39, 0.29) is 5.91 Å². The van der Waals surface area contributed by atoms with Crippen LogP contribution in [0.5, 0.6) is 5.75 Å². The summed E-state index contributed by atoms with van der Waals surface area (Å²) in [5.41, 5.74) is 13.6. The molecule has 34 heavy (non-hydrogen) atoms. The molecule has 2 aromatic rings. The average molecular weight is 501 g/mol. The van der Waals surface area contributed by atoms with Crippen LogP contribution in [0.2, 0.25) is 0 Å². The topological polar surface area (TPSA) is 108 Å². The third-order valence-corrected chi connectivity index (χ3v) is 9.20. The Kier molecular flexibility index (Phi) is 7.79. The van der Waals surface area contributed by atoms with Gasteiger partial charge in [0, 0.05) is 48.4 Å². The van der Waals surface area contributed by atoms with Gasteiger partial charge in [0.05, 0.1) is 23.9 Å². The van der Waals surface area contributed by atoms with Crippen LogP contribution in [0.4, 0.5) is 5.69 Å². The van der Waals surface area contributed by atoms with Crippen LogP contribution in [0.15, 0.2) is 58.5 Å². The maximum atomic E-state index is 13.6. The fraction of sp³-hybridized carbons (Fsp3) is 0.400. The molecule has 2 saturated heterocycles. The smallest absolute Gasteiger partial charge is 0.233 e. The Hall–Kier alpha value is -2.17. The number of benzene rings is 2. The quantitative estimate of drug-likeness (QED) is 0.444. The number of rotatable bonds is 7. The molecule has 1 unspecified atom stereocenters. The summed E-state index contributed by atoms with van der Waals surface area (Å²) in [6, 6.07) is 13.6. The van der Waals surface area contributed by atoms with E-state index in [1.54, 1.807) is 18.9 Å². The van der Waals surface area contributed by atoms with Gasteiger partial charge in [-0.2, -0.15) is 0 Å². The maximum absolute atomic E-state index is 13.6. The van der Waals surface area contributed by atoms with Crippen LogP contribution in [0.25, 0.3) is 5.57 Å². The molecule has 2 aliphatic rings. The van der Waals surface area contributed by atoms with Crippen LogP contribution in [0.1, 0.15) is 24.8 Å². The van der Waals surface area contributed by atoms with Crippen LogP contribution in [-0.2, 0) is 16.2 Å². The van der Waals surface area contributed by atoms with Gasteiger partial charge in [0.15, 0.2) is 4.90 Å². The molecule has 0 radical (unpaired) electrons. The van der Waals surface area contributed by atoms with Crippen LogP contribution in [0.3, 0.4) is 0 Å². The number of hydrogen-bond acceptors (Lipinski definition) is 7. The highest BCUT2D eigenvalue weighted by molar-refractivity contribution is 7.98. The Balaban J connectivity index is 1.45. The number of amides is 1. The highest BCUT2D eigenvalue weighted by Gasteiger charge is 2.50. The highest BCUT2D eigenvalue weighted by atomic mass is 32.2. The third kappa shape index (κ3) is 4.67. The summed E-state index contributed by atoms with van der Waals surface area (Å²) in [4.78, 5) is 17.4. The molecule has 0 aromatic heterocycles. The zero-order valence-corrected chi connectivity index (χ0v) is 21.3. The maximum Gasteiger partial charge on any atom is 0.233 e. The van der Waals surface area contributed by atoms with E-state index in [4.69, 9.17) is 16.2 Å². The van der Waals surface area contributed by atoms with Crippen molar-refractivity contribution in [2.24, 2.45) is 16.9 Å². The van der Waals surface area contributed by atoms with Crippen molar-refractivity contribution in [2.45, 2.75) is 29.1 Å². The first-order chi connectivity index (χ1) is 16.5. The molecule has 2 fully saturated rings. The van der Waals surface area contributed by atoms with E-state index < -0.39 is 16.8 Å².